The lowest BCUT2D eigenvalue weighted by molar-refractivity contribution is -0.114. The Labute approximate surface area is 220 Å². The van der Waals surface area contributed by atoms with Crippen LogP contribution in [0.5, 0.6) is 5.75 Å². The molecule has 0 saturated heterocycles. The molecule has 1 amide bonds. The van der Waals surface area contributed by atoms with Crippen molar-refractivity contribution in [3.05, 3.63) is 105 Å². The molecule has 0 fully saturated rings. The first kappa shape index (κ1) is 23.8. The Balaban J connectivity index is 1.49. The molecule has 0 saturated carbocycles. The highest BCUT2D eigenvalue weighted by Gasteiger charge is 2.20. The number of nitrogens with one attached hydrogen (secondary N) is 1. The van der Waals surface area contributed by atoms with E-state index < -0.39 is 10.1 Å². The topological polar surface area (TPSA) is 107 Å². The third-order valence-electron chi connectivity index (χ3n) is 6.01. The van der Waals surface area contributed by atoms with Crippen molar-refractivity contribution in [3.8, 4) is 5.75 Å². The predicted molar refractivity (Wildman–Crippen MR) is 148 cm³/mol. The van der Waals surface area contributed by atoms with Crippen LogP contribution in [0.1, 0.15) is 12.5 Å². The highest BCUT2D eigenvalue weighted by Crippen LogP contribution is 2.31. The van der Waals surface area contributed by atoms with Crippen LogP contribution in [0.4, 0.5) is 5.69 Å². The molecule has 0 aliphatic rings. The molecule has 10 heteroatoms. The van der Waals surface area contributed by atoms with Crippen molar-refractivity contribution in [1.29, 1.82) is 0 Å². The minimum Gasteiger partial charge on any atom is -0.378 e. The number of imidazole rings is 1. The average Bonchev–Trinajstić information content (AvgIpc) is 3.41. The van der Waals surface area contributed by atoms with E-state index in [1.165, 1.54) is 42.5 Å². The third kappa shape index (κ3) is 4.19. The predicted octanol–water partition coefficient (Wildman–Crippen LogP) is 4.34. The smallest absolute Gasteiger partial charge is 0.339 e. The summed E-state index contributed by atoms with van der Waals surface area (Å²) in [7, 11) is -4.22. The second kappa shape index (κ2) is 9.09. The summed E-state index contributed by atoms with van der Waals surface area (Å²) >= 11 is 1.23. The van der Waals surface area contributed by atoms with Gasteiger partial charge in [-0.25, -0.2) is 9.38 Å². The molecule has 0 aliphatic heterocycles. The number of rotatable bonds is 5. The number of amides is 1. The van der Waals surface area contributed by atoms with Crippen LogP contribution in [0.2, 0.25) is 0 Å². The third-order valence-corrected chi connectivity index (χ3v) is 8.23. The summed E-state index contributed by atoms with van der Waals surface area (Å²) in [6, 6.07) is 23.9. The van der Waals surface area contributed by atoms with Crippen LogP contribution >= 0.6 is 11.3 Å². The molecule has 188 valence electrons. The van der Waals surface area contributed by atoms with E-state index in [9.17, 15) is 18.0 Å². The highest BCUT2D eigenvalue weighted by atomic mass is 32.2. The number of hydrogen-bond donors (Lipinski definition) is 1. The standard InChI is InChI=1S/C28H19N3O5S2/c1-17(32)29-19-11-13-20(14-12-19)38(34,35)36-25-15-10-18-6-2-3-7-21(18)22(25)16-26-27(33)31-24-9-5-4-8-23(24)30-28(31)37-26/h2-16H,1H3,(H,29,32). The molecule has 0 unspecified atom stereocenters. The van der Waals surface area contributed by atoms with Gasteiger partial charge in [0.15, 0.2) is 10.7 Å². The van der Waals surface area contributed by atoms with Gasteiger partial charge in [0, 0.05) is 18.2 Å². The molecule has 1 N–H and O–H groups in total. The van der Waals surface area contributed by atoms with Crippen LogP contribution < -0.4 is 19.6 Å². The lowest BCUT2D eigenvalue weighted by Gasteiger charge is -2.12. The summed E-state index contributed by atoms with van der Waals surface area (Å²) in [5.74, 6) is -0.176. The van der Waals surface area contributed by atoms with Gasteiger partial charge in [-0.15, -0.1) is 0 Å². The maximum Gasteiger partial charge on any atom is 0.339 e. The normalized spacial score (nSPS) is 12.4. The van der Waals surface area contributed by atoms with Crippen LogP contribution in [0.3, 0.4) is 0 Å². The summed E-state index contributed by atoms with van der Waals surface area (Å²) < 4.78 is 34.0. The van der Waals surface area contributed by atoms with E-state index in [-0.39, 0.29) is 22.1 Å². The monoisotopic (exact) mass is 541 g/mol. The van der Waals surface area contributed by atoms with Crippen LogP contribution in [0.15, 0.2) is 94.6 Å². The van der Waals surface area contributed by atoms with Crippen molar-refractivity contribution in [2.45, 2.75) is 11.8 Å². The van der Waals surface area contributed by atoms with Crippen molar-refractivity contribution in [1.82, 2.24) is 9.38 Å². The van der Waals surface area contributed by atoms with Crippen LogP contribution in [-0.2, 0) is 14.9 Å². The molecule has 2 aromatic heterocycles. The fourth-order valence-electron chi connectivity index (χ4n) is 4.31. The van der Waals surface area contributed by atoms with E-state index in [1.54, 1.807) is 22.6 Å². The van der Waals surface area contributed by atoms with E-state index in [4.69, 9.17) is 4.18 Å². The molecule has 8 nitrogen and oxygen atoms in total. The van der Waals surface area contributed by atoms with E-state index in [2.05, 4.69) is 10.3 Å². The molecule has 0 spiro atoms. The summed E-state index contributed by atoms with van der Waals surface area (Å²) in [6.45, 7) is 1.37. The SMILES string of the molecule is CC(=O)Nc1ccc(S(=O)(=O)Oc2ccc3ccccc3c2C=c2sc3nc4ccccc4n3c2=O)cc1. The number of anilines is 1. The van der Waals surface area contributed by atoms with Gasteiger partial charge in [-0.2, -0.15) is 8.42 Å². The molecule has 2 heterocycles. The van der Waals surface area contributed by atoms with Gasteiger partial charge in [0.05, 0.1) is 15.6 Å². The Kier molecular flexibility index (Phi) is 5.70. The zero-order chi connectivity index (χ0) is 26.4. The first-order chi connectivity index (χ1) is 18.3. The van der Waals surface area contributed by atoms with E-state index in [0.717, 1.165) is 16.3 Å². The van der Waals surface area contributed by atoms with Crippen LogP contribution in [0, 0.1) is 0 Å². The van der Waals surface area contributed by atoms with E-state index in [0.29, 0.717) is 26.3 Å². The summed E-state index contributed by atoms with van der Waals surface area (Å²) in [5, 5.41) is 4.20. The van der Waals surface area contributed by atoms with Gasteiger partial charge in [0.2, 0.25) is 5.91 Å². The number of fused-ring (bicyclic) bond motifs is 4. The Morgan fingerprint density at radius 1 is 0.974 bits per heavy atom. The quantitative estimate of drug-likeness (QED) is 0.326. The molecular formula is C28H19N3O5S2. The summed E-state index contributed by atoms with van der Waals surface area (Å²) in [6.07, 6.45) is 1.66. The Morgan fingerprint density at radius 3 is 2.50 bits per heavy atom. The number of nitrogens with zero attached hydrogens (tertiary/aromatic N) is 2. The lowest BCUT2D eigenvalue weighted by Crippen LogP contribution is -2.23. The first-order valence-corrected chi connectivity index (χ1v) is 13.8. The molecule has 38 heavy (non-hydrogen) atoms. The maximum atomic E-state index is 13.4. The number of para-hydroxylation sites is 2. The van der Waals surface area contributed by atoms with Gasteiger partial charge < -0.3 is 9.50 Å². The van der Waals surface area contributed by atoms with Crippen molar-refractivity contribution in [2.75, 3.05) is 5.32 Å². The van der Waals surface area contributed by atoms with Gasteiger partial charge in [-0.05, 0) is 59.3 Å². The average molecular weight is 542 g/mol. The van der Waals surface area contributed by atoms with Crippen LogP contribution in [-0.4, -0.2) is 23.7 Å². The molecule has 0 atom stereocenters. The zero-order valence-electron chi connectivity index (χ0n) is 19.9. The number of thiazole rings is 1. The maximum absolute atomic E-state index is 13.4. The van der Waals surface area contributed by atoms with Crippen molar-refractivity contribution < 1.29 is 17.4 Å². The van der Waals surface area contributed by atoms with Crippen molar-refractivity contribution >= 4 is 65.9 Å². The van der Waals surface area contributed by atoms with E-state index in [1.807, 2.05) is 48.5 Å². The fraction of sp³-hybridized carbons (Fsp3) is 0.0357. The summed E-state index contributed by atoms with van der Waals surface area (Å²) in [4.78, 5) is 29.7. The summed E-state index contributed by atoms with van der Waals surface area (Å²) in [5.41, 5.74) is 2.13. The first-order valence-electron chi connectivity index (χ1n) is 11.6. The fourth-order valence-corrected chi connectivity index (χ4v) is 6.23. The Hall–Kier alpha value is -4.54. The number of carbonyl (C=O) groups excluding carboxylic acids is 1. The molecular weight excluding hydrogens is 522 g/mol. The molecule has 6 aromatic rings. The van der Waals surface area contributed by atoms with E-state index >= 15 is 0 Å². The van der Waals surface area contributed by atoms with Gasteiger partial charge in [0.25, 0.3) is 5.56 Å². The number of carbonyl (C=O) groups is 1. The number of aromatic nitrogens is 2. The van der Waals surface area contributed by atoms with Gasteiger partial charge in [0.1, 0.15) is 4.90 Å². The van der Waals surface area contributed by atoms with Gasteiger partial charge in [-0.1, -0.05) is 53.8 Å². The molecule has 0 bridgehead atoms. The number of benzene rings is 4. The molecule has 0 aliphatic carbocycles. The second-order valence-electron chi connectivity index (χ2n) is 8.58. The van der Waals surface area contributed by atoms with Crippen molar-refractivity contribution in [2.24, 2.45) is 0 Å². The second-order valence-corrected chi connectivity index (χ2v) is 11.1. The largest absolute Gasteiger partial charge is 0.378 e. The Bertz CT molecular complexity index is 2100. The minimum atomic E-state index is -4.22. The van der Waals surface area contributed by atoms with Crippen LogP contribution in [0.25, 0.3) is 32.8 Å². The highest BCUT2D eigenvalue weighted by molar-refractivity contribution is 7.87. The molecule has 0 radical (unpaired) electrons. The molecule has 6 rings (SSSR count). The lowest BCUT2D eigenvalue weighted by atomic mass is 10.0. The Morgan fingerprint density at radius 2 is 1.71 bits per heavy atom. The zero-order valence-corrected chi connectivity index (χ0v) is 21.5. The van der Waals surface area contributed by atoms with Gasteiger partial charge in [-0.3, -0.25) is 9.59 Å². The van der Waals surface area contributed by atoms with Crippen molar-refractivity contribution in [3.63, 3.8) is 0 Å². The minimum absolute atomic E-state index is 0.0729. The van der Waals surface area contributed by atoms with Gasteiger partial charge >= 0.3 is 10.1 Å². The number of hydrogen-bond acceptors (Lipinski definition) is 7. The molecule has 4 aromatic carbocycles.